The van der Waals surface area contributed by atoms with Gasteiger partial charge in [-0.15, -0.1) is 6.58 Å². The number of benzene rings is 1. The molecule has 1 aromatic carbocycles. The van der Waals surface area contributed by atoms with Crippen LogP contribution in [0.15, 0.2) is 41.8 Å². The highest BCUT2D eigenvalue weighted by Crippen LogP contribution is 2.32. The van der Waals surface area contributed by atoms with Crippen molar-refractivity contribution in [2.45, 2.75) is 17.7 Å². The van der Waals surface area contributed by atoms with Crippen molar-refractivity contribution in [1.29, 1.82) is 0 Å². The first-order valence-corrected chi connectivity index (χ1v) is 7.18. The standard InChI is InChI=1S/C13H14O3S/c1-2-9-17(15,16)12-7-5-11(6-8-12)13(14)10-3-4-10/h2,5-8,10H,1,3-4,9H2. The molecule has 0 N–H and O–H groups in total. The second-order valence-electron chi connectivity index (χ2n) is 4.23. The van der Waals surface area contributed by atoms with Crippen LogP contribution < -0.4 is 0 Å². The van der Waals surface area contributed by atoms with Crippen LogP contribution in [0.2, 0.25) is 0 Å². The molecule has 4 heteroatoms. The highest BCUT2D eigenvalue weighted by atomic mass is 32.2. The van der Waals surface area contributed by atoms with Crippen LogP contribution in [0.25, 0.3) is 0 Å². The Morgan fingerprint density at radius 2 is 1.88 bits per heavy atom. The van der Waals surface area contributed by atoms with Crippen molar-refractivity contribution in [3.8, 4) is 0 Å². The van der Waals surface area contributed by atoms with Crippen molar-refractivity contribution in [2.24, 2.45) is 5.92 Å². The van der Waals surface area contributed by atoms with Crippen LogP contribution in [0, 0.1) is 5.92 Å². The fourth-order valence-corrected chi connectivity index (χ4v) is 2.71. The van der Waals surface area contributed by atoms with E-state index in [0.717, 1.165) is 12.8 Å². The van der Waals surface area contributed by atoms with Crippen LogP contribution in [-0.4, -0.2) is 20.0 Å². The number of hydrogen-bond acceptors (Lipinski definition) is 3. The average molecular weight is 250 g/mol. The third kappa shape index (κ3) is 2.64. The Morgan fingerprint density at radius 3 is 2.35 bits per heavy atom. The third-order valence-corrected chi connectivity index (χ3v) is 4.45. The van der Waals surface area contributed by atoms with E-state index in [4.69, 9.17) is 0 Å². The van der Waals surface area contributed by atoms with Gasteiger partial charge in [-0.05, 0) is 25.0 Å². The summed E-state index contributed by atoms with van der Waals surface area (Å²) < 4.78 is 23.4. The predicted molar refractivity (Wildman–Crippen MR) is 65.7 cm³/mol. The summed E-state index contributed by atoms with van der Waals surface area (Å²) >= 11 is 0. The summed E-state index contributed by atoms with van der Waals surface area (Å²) in [6.45, 7) is 3.42. The molecular formula is C13H14O3S. The molecule has 1 aliphatic carbocycles. The number of hydrogen-bond donors (Lipinski definition) is 0. The van der Waals surface area contributed by atoms with Gasteiger partial charge < -0.3 is 0 Å². The monoisotopic (exact) mass is 250 g/mol. The van der Waals surface area contributed by atoms with E-state index in [9.17, 15) is 13.2 Å². The van der Waals surface area contributed by atoms with Crippen LogP contribution in [0.5, 0.6) is 0 Å². The molecule has 0 heterocycles. The summed E-state index contributed by atoms with van der Waals surface area (Å²) in [5.74, 6) is 0.200. The molecule has 1 aromatic rings. The Labute approximate surface area is 101 Å². The zero-order valence-corrected chi connectivity index (χ0v) is 10.2. The lowest BCUT2D eigenvalue weighted by Crippen LogP contribution is -2.06. The molecule has 17 heavy (non-hydrogen) atoms. The molecule has 1 saturated carbocycles. The van der Waals surface area contributed by atoms with Gasteiger partial charge in [-0.25, -0.2) is 8.42 Å². The molecular weight excluding hydrogens is 236 g/mol. The number of Topliss-reactive ketones (excluding diaryl/α,β-unsaturated/α-hetero) is 1. The molecule has 1 fully saturated rings. The van der Waals surface area contributed by atoms with Crippen LogP contribution in [0.3, 0.4) is 0 Å². The molecule has 0 bridgehead atoms. The van der Waals surface area contributed by atoms with Gasteiger partial charge in [0, 0.05) is 11.5 Å². The smallest absolute Gasteiger partial charge is 0.181 e. The lowest BCUT2D eigenvalue weighted by Gasteiger charge is -2.03. The fourth-order valence-electron chi connectivity index (χ4n) is 1.66. The van der Waals surface area contributed by atoms with Crippen molar-refractivity contribution in [2.75, 3.05) is 5.75 Å². The van der Waals surface area contributed by atoms with Crippen LogP contribution in [0.1, 0.15) is 23.2 Å². The first kappa shape index (κ1) is 12.0. The molecule has 3 nitrogen and oxygen atoms in total. The summed E-state index contributed by atoms with van der Waals surface area (Å²) in [6.07, 6.45) is 3.27. The predicted octanol–water partition coefficient (Wildman–Crippen LogP) is 2.24. The maximum atomic E-state index is 11.7. The minimum atomic E-state index is -3.29. The van der Waals surface area contributed by atoms with E-state index >= 15 is 0 Å². The molecule has 90 valence electrons. The molecule has 0 atom stereocenters. The Morgan fingerprint density at radius 1 is 1.29 bits per heavy atom. The summed E-state index contributed by atoms with van der Waals surface area (Å²) in [5, 5.41) is 0. The topological polar surface area (TPSA) is 51.2 Å². The number of carbonyl (C=O) groups excluding carboxylic acids is 1. The number of sulfone groups is 1. The zero-order valence-electron chi connectivity index (χ0n) is 9.43. The van der Waals surface area contributed by atoms with Crippen molar-refractivity contribution < 1.29 is 13.2 Å². The normalized spacial score (nSPS) is 15.5. The number of carbonyl (C=O) groups is 1. The van der Waals surface area contributed by atoms with Gasteiger partial charge in [0.25, 0.3) is 0 Å². The Kier molecular flexibility index (Phi) is 3.15. The SMILES string of the molecule is C=CCS(=O)(=O)c1ccc(C(=O)C2CC2)cc1. The first-order valence-electron chi connectivity index (χ1n) is 5.52. The van der Waals surface area contributed by atoms with E-state index in [-0.39, 0.29) is 22.3 Å². The van der Waals surface area contributed by atoms with Crippen molar-refractivity contribution in [3.05, 3.63) is 42.5 Å². The maximum Gasteiger partial charge on any atom is 0.181 e. The molecule has 1 aliphatic rings. The third-order valence-electron chi connectivity index (χ3n) is 2.78. The molecule has 0 aliphatic heterocycles. The van der Waals surface area contributed by atoms with Crippen molar-refractivity contribution in [1.82, 2.24) is 0 Å². The molecule has 0 amide bonds. The quantitative estimate of drug-likeness (QED) is 0.595. The van der Waals surface area contributed by atoms with Gasteiger partial charge in [-0.1, -0.05) is 18.2 Å². The van der Waals surface area contributed by atoms with Gasteiger partial charge in [-0.2, -0.15) is 0 Å². The van der Waals surface area contributed by atoms with E-state index < -0.39 is 9.84 Å². The first-order chi connectivity index (χ1) is 8.04. The number of ketones is 1. The van der Waals surface area contributed by atoms with Gasteiger partial charge in [0.2, 0.25) is 0 Å². The Hall–Kier alpha value is -1.42. The van der Waals surface area contributed by atoms with E-state index in [0.29, 0.717) is 5.56 Å². The second-order valence-corrected chi connectivity index (χ2v) is 6.27. The molecule has 0 aromatic heterocycles. The second kappa shape index (κ2) is 4.45. The van der Waals surface area contributed by atoms with E-state index in [2.05, 4.69) is 6.58 Å². The maximum absolute atomic E-state index is 11.7. The van der Waals surface area contributed by atoms with Gasteiger partial charge >= 0.3 is 0 Å². The molecule has 0 saturated heterocycles. The lowest BCUT2D eigenvalue weighted by atomic mass is 10.1. The Bertz CT molecular complexity index is 537. The van der Waals surface area contributed by atoms with Crippen LogP contribution >= 0.6 is 0 Å². The summed E-state index contributed by atoms with van der Waals surface area (Å²) in [7, 11) is -3.29. The molecule has 2 rings (SSSR count). The highest BCUT2D eigenvalue weighted by Gasteiger charge is 2.30. The van der Waals surface area contributed by atoms with Crippen molar-refractivity contribution in [3.63, 3.8) is 0 Å². The van der Waals surface area contributed by atoms with E-state index in [1.807, 2.05) is 0 Å². The highest BCUT2D eigenvalue weighted by molar-refractivity contribution is 7.91. The average Bonchev–Trinajstić information content (AvgIpc) is 3.12. The van der Waals surface area contributed by atoms with Gasteiger partial charge in [0.15, 0.2) is 15.6 Å². The van der Waals surface area contributed by atoms with Gasteiger partial charge in [0.05, 0.1) is 10.6 Å². The molecule has 0 spiro atoms. The largest absolute Gasteiger partial charge is 0.294 e. The fraction of sp³-hybridized carbons (Fsp3) is 0.308. The molecule has 0 unspecified atom stereocenters. The Balaban J connectivity index is 2.23. The number of rotatable bonds is 5. The summed E-state index contributed by atoms with van der Waals surface area (Å²) in [4.78, 5) is 12.0. The molecule has 0 radical (unpaired) electrons. The summed E-state index contributed by atoms with van der Waals surface area (Å²) in [5.41, 5.74) is 0.602. The zero-order chi connectivity index (χ0) is 12.5. The van der Waals surface area contributed by atoms with E-state index in [1.54, 1.807) is 12.1 Å². The minimum Gasteiger partial charge on any atom is -0.294 e. The van der Waals surface area contributed by atoms with Gasteiger partial charge in [0.1, 0.15) is 0 Å². The van der Waals surface area contributed by atoms with Crippen LogP contribution in [-0.2, 0) is 9.84 Å². The summed E-state index contributed by atoms with van der Waals surface area (Å²) in [6, 6.07) is 6.18. The minimum absolute atomic E-state index is 0.0804. The lowest BCUT2D eigenvalue weighted by molar-refractivity contribution is 0.0967. The van der Waals surface area contributed by atoms with Gasteiger partial charge in [-0.3, -0.25) is 4.79 Å². The van der Waals surface area contributed by atoms with E-state index in [1.165, 1.54) is 18.2 Å². The van der Waals surface area contributed by atoms with Crippen molar-refractivity contribution >= 4 is 15.6 Å². The van der Waals surface area contributed by atoms with Crippen LogP contribution in [0.4, 0.5) is 0 Å².